The number of aromatic nitrogens is 3. The second kappa shape index (κ2) is 10.6. The van der Waals surface area contributed by atoms with E-state index < -0.39 is 0 Å². The molecule has 0 aliphatic heterocycles. The zero-order valence-corrected chi connectivity index (χ0v) is 20.1. The third-order valence-electron chi connectivity index (χ3n) is 5.19. The van der Waals surface area contributed by atoms with Crippen molar-refractivity contribution in [2.75, 3.05) is 14.7 Å². The van der Waals surface area contributed by atoms with Crippen molar-refractivity contribution in [1.29, 1.82) is 0 Å². The van der Waals surface area contributed by atoms with Gasteiger partial charge in [0, 0.05) is 20.8 Å². The molecular formula is C27H24N6O3. The highest BCUT2D eigenvalue weighted by molar-refractivity contribution is 6.01. The first-order valence-electron chi connectivity index (χ1n) is 11.2. The van der Waals surface area contributed by atoms with Gasteiger partial charge in [0.1, 0.15) is 0 Å². The standard InChI is InChI=1S/C27H24N6O3/c1-19(34)31(22-13-7-4-8-14-22)25-28-26(32(20(2)35)23-15-9-5-10-16-23)30-27(29-25)33(21(3)36)24-17-11-6-12-18-24/h4-18H,1-3H3. The van der Waals surface area contributed by atoms with E-state index in [1.165, 1.54) is 35.5 Å². The third-order valence-corrected chi connectivity index (χ3v) is 5.19. The Morgan fingerprint density at radius 3 is 0.861 bits per heavy atom. The van der Waals surface area contributed by atoms with Crippen LogP contribution in [0.2, 0.25) is 0 Å². The van der Waals surface area contributed by atoms with E-state index in [1.807, 2.05) is 18.2 Å². The average Bonchev–Trinajstić information content (AvgIpc) is 2.86. The first-order valence-corrected chi connectivity index (χ1v) is 11.2. The zero-order valence-electron chi connectivity index (χ0n) is 20.1. The number of nitrogens with zero attached hydrogens (tertiary/aromatic N) is 6. The fourth-order valence-electron chi connectivity index (χ4n) is 3.69. The number of carbonyl (C=O) groups is 3. The lowest BCUT2D eigenvalue weighted by molar-refractivity contribution is -0.116. The zero-order chi connectivity index (χ0) is 25.7. The molecule has 3 aromatic carbocycles. The van der Waals surface area contributed by atoms with Crippen LogP contribution in [0.3, 0.4) is 0 Å². The van der Waals surface area contributed by atoms with Crippen molar-refractivity contribution < 1.29 is 14.4 Å². The topological polar surface area (TPSA) is 99.6 Å². The number of amides is 3. The Morgan fingerprint density at radius 2 is 0.667 bits per heavy atom. The minimum absolute atomic E-state index is 0.0296. The Morgan fingerprint density at radius 1 is 0.444 bits per heavy atom. The fourth-order valence-corrected chi connectivity index (χ4v) is 3.69. The van der Waals surface area contributed by atoms with Crippen LogP contribution in [0.5, 0.6) is 0 Å². The number of carbonyl (C=O) groups excluding carboxylic acids is 3. The van der Waals surface area contributed by atoms with E-state index in [0.29, 0.717) is 17.1 Å². The van der Waals surface area contributed by atoms with Gasteiger partial charge in [-0.15, -0.1) is 0 Å². The Bertz CT molecular complexity index is 1200. The van der Waals surface area contributed by atoms with Crippen molar-refractivity contribution in [2.45, 2.75) is 20.8 Å². The van der Waals surface area contributed by atoms with E-state index >= 15 is 0 Å². The van der Waals surface area contributed by atoms with Gasteiger partial charge in [-0.05, 0) is 36.4 Å². The van der Waals surface area contributed by atoms with Crippen LogP contribution in [0.25, 0.3) is 0 Å². The molecule has 36 heavy (non-hydrogen) atoms. The highest BCUT2D eigenvalue weighted by atomic mass is 16.2. The van der Waals surface area contributed by atoms with Crippen LogP contribution in [0, 0.1) is 0 Å². The van der Waals surface area contributed by atoms with Crippen LogP contribution in [-0.4, -0.2) is 32.7 Å². The lowest BCUT2D eigenvalue weighted by Crippen LogP contribution is -2.32. The van der Waals surface area contributed by atoms with Crippen LogP contribution >= 0.6 is 0 Å². The molecule has 180 valence electrons. The van der Waals surface area contributed by atoms with Gasteiger partial charge in [0.15, 0.2) is 0 Å². The summed E-state index contributed by atoms with van der Waals surface area (Å²) in [5, 5.41) is 0. The predicted molar refractivity (Wildman–Crippen MR) is 138 cm³/mol. The minimum Gasteiger partial charge on any atom is -0.274 e. The molecule has 1 heterocycles. The van der Waals surface area contributed by atoms with Gasteiger partial charge in [0.25, 0.3) is 0 Å². The van der Waals surface area contributed by atoms with Gasteiger partial charge in [0.2, 0.25) is 35.6 Å². The number of benzene rings is 3. The molecule has 0 radical (unpaired) electrons. The van der Waals surface area contributed by atoms with Gasteiger partial charge in [-0.2, -0.15) is 15.0 Å². The summed E-state index contributed by atoms with van der Waals surface area (Å²) in [4.78, 5) is 55.8. The van der Waals surface area contributed by atoms with Gasteiger partial charge in [-0.25, -0.2) is 14.7 Å². The maximum absolute atomic E-state index is 12.8. The van der Waals surface area contributed by atoms with E-state index in [1.54, 1.807) is 72.8 Å². The molecule has 4 rings (SSSR count). The van der Waals surface area contributed by atoms with Crippen LogP contribution in [-0.2, 0) is 14.4 Å². The van der Waals surface area contributed by atoms with Crippen LogP contribution < -0.4 is 14.7 Å². The summed E-state index contributed by atoms with van der Waals surface area (Å²) >= 11 is 0. The Hall–Kier alpha value is -4.92. The number of hydrogen-bond acceptors (Lipinski definition) is 6. The molecule has 9 nitrogen and oxygen atoms in total. The van der Waals surface area contributed by atoms with Crippen molar-refractivity contribution in [3.63, 3.8) is 0 Å². The molecule has 0 aliphatic rings. The predicted octanol–water partition coefficient (Wildman–Crippen LogP) is 4.93. The summed E-state index contributed by atoms with van der Waals surface area (Å²) in [6, 6.07) is 26.6. The van der Waals surface area contributed by atoms with Crippen molar-refractivity contribution in [3.05, 3.63) is 91.0 Å². The molecule has 0 saturated heterocycles. The summed E-state index contributed by atoms with van der Waals surface area (Å²) in [5.74, 6) is -1.15. The molecule has 0 saturated carbocycles. The molecule has 4 aromatic rings. The number of anilines is 6. The highest BCUT2D eigenvalue weighted by Gasteiger charge is 2.27. The lowest BCUT2D eigenvalue weighted by Gasteiger charge is -2.26. The van der Waals surface area contributed by atoms with Crippen molar-refractivity contribution in [3.8, 4) is 0 Å². The van der Waals surface area contributed by atoms with E-state index in [4.69, 9.17) is 0 Å². The summed E-state index contributed by atoms with van der Waals surface area (Å²) in [6.07, 6.45) is 0. The molecule has 0 spiro atoms. The number of para-hydroxylation sites is 3. The largest absolute Gasteiger partial charge is 0.274 e. The Labute approximate surface area is 208 Å². The minimum atomic E-state index is -0.354. The van der Waals surface area contributed by atoms with Crippen molar-refractivity contribution in [1.82, 2.24) is 15.0 Å². The molecule has 0 aliphatic carbocycles. The van der Waals surface area contributed by atoms with Crippen molar-refractivity contribution in [2.24, 2.45) is 0 Å². The monoisotopic (exact) mass is 480 g/mol. The quantitative estimate of drug-likeness (QED) is 0.388. The highest BCUT2D eigenvalue weighted by Crippen LogP contribution is 2.31. The summed E-state index contributed by atoms with van der Waals surface area (Å²) in [5.41, 5.74) is 1.57. The van der Waals surface area contributed by atoms with Gasteiger partial charge in [-0.3, -0.25) is 14.4 Å². The maximum atomic E-state index is 12.8. The summed E-state index contributed by atoms with van der Waals surface area (Å²) in [6.45, 7) is 4.15. The Balaban J connectivity index is 1.99. The molecule has 0 unspecified atom stereocenters. The molecule has 0 fully saturated rings. The first-order chi connectivity index (χ1) is 17.4. The third kappa shape index (κ3) is 5.10. The SMILES string of the molecule is CC(=O)N(c1ccccc1)c1nc(N(C(C)=O)c2ccccc2)nc(N(C(C)=O)c2ccccc2)n1. The van der Waals surface area contributed by atoms with E-state index in [2.05, 4.69) is 15.0 Å². The van der Waals surface area contributed by atoms with Gasteiger partial charge in [-0.1, -0.05) is 54.6 Å². The number of rotatable bonds is 6. The van der Waals surface area contributed by atoms with Crippen molar-refractivity contribution >= 4 is 52.6 Å². The number of hydrogen-bond donors (Lipinski definition) is 0. The lowest BCUT2D eigenvalue weighted by atomic mass is 10.3. The molecule has 1 aromatic heterocycles. The maximum Gasteiger partial charge on any atom is 0.243 e. The van der Waals surface area contributed by atoms with Crippen LogP contribution in [0.1, 0.15) is 20.8 Å². The van der Waals surface area contributed by atoms with Crippen LogP contribution in [0.4, 0.5) is 34.9 Å². The fraction of sp³-hybridized carbons (Fsp3) is 0.111. The second-order valence-corrected chi connectivity index (χ2v) is 7.81. The molecule has 0 N–H and O–H groups in total. The van der Waals surface area contributed by atoms with Gasteiger partial charge >= 0.3 is 0 Å². The summed E-state index contributed by atoms with van der Waals surface area (Å²) in [7, 11) is 0. The first kappa shape index (κ1) is 24.2. The van der Waals surface area contributed by atoms with E-state index in [9.17, 15) is 14.4 Å². The normalized spacial score (nSPS) is 10.4. The smallest absolute Gasteiger partial charge is 0.243 e. The van der Waals surface area contributed by atoms with Gasteiger partial charge < -0.3 is 0 Å². The molecule has 3 amide bonds. The van der Waals surface area contributed by atoms with E-state index in [0.717, 1.165) is 0 Å². The van der Waals surface area contributed by atoms with Crippen LogP contribution in [0.15, 0.2) is 91.0 Å². The second-order valence-electron chi connectivity index (χ2n) is 7.81. The molecule has 0 atom stereocenters. The average molecular weight is 481 g/mol. The molecule has 9 heteroatoms. The Kier molecular flexibility index (Phi) is 7.10. The summed E-state index contributed by atoms with van der Waals surface area (Å²) < 4.78 is 0. The molecule has 0 bridgehead atoms. The van der Waals surface area contributed by atoms with E-state index in [-0.39, 0.29) is 35.6 Å². The molecular weight excluding hydrogens is 456 g/mol. The van der Waals surface area contributed by atoms with Gasteiger partial charge in [0.05, 0.1) is 17.1 Å².